The second-order valence-electron chi connectivity index (χ2n) is 3.01. The summed E-state index contributed by atoms with van der Waals surface area (Å²) in [4.78, 5) is 14.4. The van der Waals surface area contributed by atoms with Crippen LogP contribution in [0.3, 0.4) is 0 Å². The minimum atomic E-state index is -0.0805. The maximum Gasteiger partial charge on any atom is 0.273 e. The van der Waals surface area contributed by atoms with Gasteiger partial charge in [-0.3, -0.25) is 15.0 Å². The van der Waals surface area contributed by atoms with Crippen LogP contribution in [-0.2, 0) is 0 Å². The quantitative estimate of drug-likeness (QED) is 0.472. The molecule has 0 saturated carbocycles. The lowest BCUT2D eigenvalue weighted by Crippen LogP contribution is -1.97. The highest BCUT2D eigenvalue weighted by atomic mass is 16.1. The fourth-order valence-electron chi connectivity index (χ4n) is 1.65. The summed E-state index contributed by atoms with van der Waals surface area (Å²) in [5, 5.41) is 7.12. The first kappa shape index (κ1) is 6.54. The highest BCUT2D eigenvalue weighted by molar-refractivity contribution is 6.03. The van der Waals surface area contributed by atoms with Crippen molar-refractivity contribution in [3.8, 4) is 0 Å². The lowest BCUT2D eigenvalue weighted by molar-refractivity contribution is 1.08. The average molecular weight is 173 g/mol. The van der Waals surface area contributed by atoms with E-state index in [0.717, 1.165) is 16.4 Å². The first-order valence-electron chi connectivity index (χ1n) is 4.03. The number of aromatic nitrogens is 3. The smallest absolute Gasteiger partial charge is 0.273 e. The SMILES string of the molecule is O=c1[nH][nH]c2ccc3cc[nH]c3c12. The van der Waals surface area contributed by atoms with Crippen LogP contribution in [0.25, 0.3) is 21.8 Å². The normalized spacial score (nSPS) is 11.4. The highest BCUT2D eigenvalue weighted by Gasteiger charge is 2.05. The summed E-state index contributed by atoms with van der Waals surface area (Å²) in [5.41, 5.74) is 1.64. The summed E-state index contributed by atoms with van der Waals surface area (Å²) in [6.07, 6.45) is 1.83. The van der Waals surface area contributed by atoms with E-state index in [9.17, 15) is 4.79 Å². The van der Waals surface area contributed by atoms with Gasteiger partial charge >= 0.3 is 0 Å². The van der Waals surface area contributed by atoms with Gasteiger partial charge in [-0.2, -0.15) is 0 Å². The summed E-state index contributed by atoms with van der Waals surface area (Å²) in [6, 6.07) is 5.81. The van der Waals surface area contributed by atoms with Gasteiger partial charge in [0.05, 0.1) is 16.4 Å². The molecule has 2 heterocycles. The van der Waals surface area contributed by atoms with E-state index in [2.05, 4.69) is 15.2 Å². The number of hydrogen-bond acceptors (Lipinski definition) is 1. The van der Waals surface area contributed by atoms with Gasteiger partial charge in [-0.15, -0.1) is 0 Å². The molecule has 0 aliphatic rings. The second-order valence-corrected chi connectivity index (χ2v) is 3.01. The molecule has 0 atom stereocenters. The Balaban J connectivity index is 2.78. The number of rotatable bonds is 0. The standard InChI is InChI=1S/C9H7N3O/c13-9-7-6(11-12-9)2-1-5-3-4-10-8(5)7/h1-4,10H,(H2,11,12,13). The number of H-pyrrole nitrogens is 3. The van der Waals surface area contributed by atoms with Gasteiger partial charge in [0.1, 0.15) is 0 Å². The molecule has 4 nitrogen and oxygen atoms in total. The summed E-state index contributed by atoms with van der Waals surface area (Å²) in [6.45, 7) is 0. The van der Waals surface area contributed by atoms with Gasteiger partial charge in [0.15, 0.2) is 0 Å². The van der Waals surface area contributed by atoms with Crippen molar-refractivity contribution in [1.82, 2.24) is 15.2 Å². The Morgan fingerprint density at radius 2 is 2.00 bits per heavy atom. The molecule has 0 amide bonds. The maximum absolute atomic E-state index is 11.4. The second kappa shape index (κ2) is 2.04. The predicted octanol–water partition coefficient (Wildman–Crippen LogP) is 1.34. The van der Waals surface area contributed by atoms with Crippen molar-refractivity contribution < 1.29 is 0 Å². The topological polar surface area (TPSA) is 64.4 Å². The van der Waals surface area contributed by atoms with Crippen LogP contribution in [0.4, 0.5) is 0 Å². The monoisotopic (exact) mass is 173 g/mol. The van der Waals surface area contributed by atoms with E-state index < -0.39 is 0 Å². The lowest BCUT2D eigenvalue weighted by Gasteiger charge is -1.89. The van der Waals surface area contributed by atoms with E-state index in [1.165, 1.54) is 0 Å². The fraction of sp³-hybridized carbons (Fsp3) is 0. The van der Waals surface area contributed by atoms with Crippen LogP contribution in [0.15, 0.2) is 29.2 Å². The van der Waals surface area contributed by atoms with Crippen molar-refractivity contribution in [1.29, 1.82) is 0 Å². The van der Waals surface area contributed by atoms with Crippen LogP contribution in [0.2, 0.25) is 0 Å². The number of aromatic amines is 3. The molecule has 0 saturated heterocycles. The molecular weight excluding hydrogens is 166 g/mol. The molecule has 13 heavy (non-hydrogen) atoms. The molecule has 64 valence electrons. The summed E-state index contributed by atoms with van der Waals surface area (Å²) in [7, 11) is 0. The molecule has 2 aromatic heterocycles. The Morgan fingerprint density at radius 1 is 1.08 bits per heavy atom. The van der Waals surface area contributed by atoms with E-state index >= 15 is 0 Å². The molecule has 0 bridgehead atoms. The van der Waals surface area contributed by atoms with Crippen molar-refractivity contribution in [2.45, 2.75) is 0 Å². The molecule has 4 heteroatoms. The molecule has 0 aliphatic heterocycles. The molecular formula is C9H7N3O. The summed E-state index contributed by atoms with van der Waals surface area (Å²) >= 11 is 0. The Labute approximate surface area is 72.6 Å². The third-order valence-corrected chi connectivity index (χ3v) is 2.27. The van der Waals surface area contributed by atoms with Crippen molar-refractivity contribution in [2.75, 3.05) is 0 Å². The number of hydrogen-bond donors (Lipinski definition) is 3. The number of benzene rings is 1. The van der Waals surface area contributed by atoms with Crippen LogP contribution < -0.4 is 5.56 Å². The number of fused-ring (bicyclic) bond motifs is 3. The third-order valence-electron chi connectivity index (χ3n) is 2.27. The molecule has 3 rings (SSSR count). The number of nitrogens with one attached hydrogen (secondary N) is 3. The first-order valence-corrected chi connectivity index (χ1v) is 4.03. The molecule has 3 N–H and O–H groups in total. The highest BCUT2D eigenvalue weighted by Crippen LogP contribution is 2.19. The van der Waals surface area contributed by atoms with Crippen molar-refractivity contribution in [2.24, 2.45) is 0 Å². The minimum Gasteiger partial charge on any atom is -0.360 e. The predicted molar refractivity (Wildman–Crippen MR) is 50.8 cm³/mol. The Morgan fingerprint density at radius 3 is 2.92 bits per heavy atom. The average Bonchev–Trinajstić information content (AvgIpc) is 2.70. The molecule has 0 aliphatic carbocycles. The van der Waals surface area contributed by atoms with Gasteiger partial charge in [0, 0.05) is 11.6 Å². The Bertz CT molecular complexity index is 629. The van der Waals surface area contributed by atoms with Gasteiger partial charge in [0.2, 0.25) is 0 Å². The largest absolute Gasteiger partial charge is 0.360 e. The van der Waals surface area contributed by atoms with Gasteiger partial charge in [-0.05, 0) is 12.1 Å². The van der Waals surface area contributed by atoms with Gasteiger partial charge < -0.3 is 4.98 Å². The molecule has 0 fully saturated rings. The first-order chi connectivity index (χ1) is 6.36. The van der Waals surface area contributed by atoms with E-state index in [0.29, 0.717) is 5.39 Å². The fourth-order valence-corrected chi connectivity index (χ4v) is 1.65. The van der Waals surface area contributed by atoms with E-state index in [4.69, 9.17) is 0 Å². The van der Waals surface area contributed by atoms with Crippen molar-refractivity contribution in [3.63, 3.8) is 0 Å². The molecule has 0 radical (unpaired) electrons. The van der Waals surface area contributed by atoms with Crippen LogP contribution in [0, 0.1) is 0 Å². The van der Waals surface area contributed by atoms with Crippen LogP contribution >= 0.6 is 0 Å². The van der Waals surface area contributed by atoms with Crippen molar-refractivity contribution in [3.05, 3.63) is 34.7 Å². The summed E-state index contributed by atoms with van der Waals surface area (Å²) in [5.74, 6) is 0. The zero-order chi connectivity index (χ0) is 8.84. The molecule has 0 unspecified atom stereocenters. The van der Waals surface area contributed by atoms with Crippen LogP contribution in [0.1, 0.15) is 0 Å². The van der Waals surface area contributed by atoms with E-state index in [1.807, 2.05) is 24.4 Å². The molecule has 3 aromatic rings. The summed E-state index contributed by atoms with van der Waals surface area (Å²) < 4.78 is 0. The zero-order valence-electron chi connectivity index (χ0n) is 6.72. The minimum absolute atomic E-state index is 0.0805. The van der Waals surface area contributed by atoms with Gasteiger partial charge in [0.25, 0.3) is 5.56 Å². The Hall–Kier alpha value is -1.97. The lowest BCUT2D eigenvalue weighted by atomic mass is 10.2. The molecule has 0 spiro atoms. The maximum atomic E-state index is 11.4. The van der Waals surface area contributed by atoms with Gasteiger partial charge in [-0.1, -0.05) is 6.07 Å². The van der Waals surface area contributed by atoms with Gasteiger partial charge in [-0.25, -0.2) is 0 Å². The van der Waals surface area contributed by atoms with Crippen LogP contribution in [-0.4, -0.2) is 15.2 Å². The van der Waals surface area contributed by atoms with E-state index in [-0.39, 0.29) is 5.56 Å². The van der Waals surface area contributed by atoms with E-state index in [1.54, 1.807) is 0 Å². The third kappa shape index (κ3) is 0.717. The molecule has 1 aromatic carbocycles. The zero-order valence-corrected chi connectivity index (χ0v) is 6.72. The van der Waals surface area contributed by atoms with Crippen molar-refractivity contribution >= 4 is 21.8 Å². The Kier molecular flexibility index (Phi) is 1.02. The van der Waals surface area contributed by atoms with Crippen LogP contribution in [0.5, 0.6) is 0 Å².